The van der Waals surface area contributed by atoms with E-state index in [2.05, 4.69) is 17.2 Å². The lowest BCUT2D eigenvalue weighted by Crippen LogP contribution is -2.56. The van der Waals surface area contributed by atoms with Gasteiger partial charge >= 0.3 is 12.1 Å². The van der Waals surface area contributed by atoms with Crippen molar-refractivity contribution < 1.29 is 33.8 Å². The monoisotopic (exact) mass is 623 g/mol. The molecule has 0 aliphatic rings. The first-order valence-corrected chi connectivity index (χ1v) is 15.2. The summed E-state index contributed by atoms with van der Waals surface area (Å²) < 4.78 is 11.1. The maximum atomic E-state index is 14.3. The summed E-state index contributed by atoms with van der Waals surface area (Å²) >= 11 is 0. The Kier molecular flexibility index (Phi) is 13.2. The fraction of sp³-hybridized carbons (Fsp3) is 0.486. The van der Waals surface area contributed by atoms with Crippen LogP contribution in [0.5, 0.6) is 5.75 Å². The van der Waals surface area contributed by atoms with Crippen molar-refractivity contribution in [2.45, 2.75) is 97.6 Å². The minimum Gasteiger partial charge on any atom is -0.508 e. The zero-order valence-corrected chi connectivity index (χ0v) is 27.8. The zero-order chi connectivity index (χ0) is 33.9. The van der Waals surface area contributed by atoms with Crippen LogP contribution in [0.2, 0.25) is 0 Å². The molecule has 0 saturated heterocycles. The number of aromatic hydroxyl groups is 1. The summed E-state index contributed by atoms with van der Waals surface area (Å²) in [5.41, 5.74) is -0.713. The third kappa shape index (κ3) is 11.6. The van der Waals surface area contributed by atoms with Crippen molar-refractivity contribution in [1.29, 1.82) is 0 Å². The minimum absolute atomic E-state index is 0.107. The Hall–Kier alpha value is -4.34. The summed E-state index contributed by atoms with van der Waals surface area (Å²) in [7, 11) is 0. The van der Waals surface area contributed by atoms with Crippen LogP contribution in [0.3, 0.4) is 0 Å². The van der Waals surface area contributed by atoms with Crippen molar-refractivity contribution in [2.75, 3.05) is 6.54 Å². The number of carbonyl (C=O) groups is 4. The second-order valence-electron chi connectivity index (χ2n) is 13.0. The number of hydrogen-bond donors (Lipinski definition) is 3. The molecule has 0 heterocycles. The van der Waals surface area contributed by atoms with Gasteiger partial charge in [0, 0.05) is 18.5 Å². The Morgan fingerprint density at radius 1 is 0.911 bits per heavy atom. The van der Waals surface area contributed by atoms with Crippen molar-refractivity contribution in [3.05, 3.63) is 78.4 Å². The smallest absolute Gasteiger partial charge is 0.408 e. The van der Waals surface area contributed by atoms with Crippen molar-refractivity contribution in [1.82, 2.24) is 15.5 Å². The van der Waals surface area contributed by atoms with Crippen molar-refractivity contribution in [3.8, 4) is 5.75 Å². The summed E-state index contributed by atoms with van der Waals surface area (Å²) in [4.78, 5) is 56.0. The Balaban J connectivity index is 2.61. The molecule has 0 aliphatic carbocycles. The average Bonchev–Trinajstić information content (AvgIpc) is 2.94. The van der Waals surface area contributed by atoms with Gasteiger partial charge in [0.2, 0.25) is 11.8 Å². The van der Waals surface area contributed by atoms with E-state index in [0.717, 1.165) is 5.56 Å². The number of amides is 3. The number of phenolic OH excluding ortho intramolecular Hbond substituents is 1. The largest absolute Gasteiger partial charge is 0.508 e. The topological polar surface area (TPSA) is 134 Å². The number of esters is 1. The molecular weight excluding hydrogens is 574 g/mol. The van der Waals surface area contributed by atoms with Gasteiger partial charge in [0.1, 0.15) is 35.1 Å². The number of phenols is 1. The molecule has 0 aromatic heterocycles. The average molecular weight is 624 g/mol. The molecule has 246 valence electrons. The Morgan fingerprint density at radius 2 is 1.49 bits per heavy atom. The molecule has 10 heteroatoms. The fourth-order valence-electron chi connectivity index (χ4n) is 4.59. The second-order valence-corrected chi connectivity index (χ2v) is 13.0. The van der Waals surface area contributed by atoms with Gasteiger partial charge in [-0.2, -0.15) is 0 Å². The molecule has 45 heavy (non-hydrogen) atoms. The minimum atomic E-state index is -1.40. The molecule has 0 radical (unpaired) electrons. The van der Waals surface area contributed by atoms with Crippen LogP contribution in [0.25, 0.3) is 0 Å². The van der Waals surface area contributed by atoms with Crippen molar-refractivity contribution in [2.24, 2.45) is 5.92 Å². The standard InChI is InChI=1S/C35H49N3O7/c1-10-21-38(31(41)28(23(3)11-2)37-33(43)45-35(7,8)9)29(25-19-15-16-20-27(25)39)30(40)36-26(32(42)44-34(4,5)6)22-24-17-13-12-14-18-24/h10,12-20,23,26,28-29,39H,1,11,21-22H2,2-9H3,(H,36,40)(H,37,43). The first-order chi connectivity index (χ1) is 21.0. The lowest BCUT2D eigenvalue weighted by Gasteiger charge is -2.36. The molecular formula is C35H49N3O7. The quantitative estimate of drug-likeness (QED) is 0.199. The highest BCUT2D eigenvalue weighted by molar-refractivity contribution is 5.94. The SMILES string of the molecule is C=CCN(C(=O)C(NC(=O)OC(C)(C)C)C(C)CC)C(C(=O)NC(Cc1ccccc1)C(=O)OC(C)(C)C)c1ccccc1O. The number of ether oxygens (including phenoxy) is 2. The van der Waals surface area contributed by atoms with E-state index < -0.39 is 53.2 Å². The highest BCUT2D eigenvalue weighted by atomic mass is 16.6. The maximum Gasteiger partial charge on any atom is 0.408 e. The third-order valence-electron chi connectivity index (χ3n) is 6.84. The molecule has 10 nitrogen and oxygen atoms in total. The lowest BCUT2D eigenvalue weighted by molar-refractivity contribution is -0.159. The Labute approximate surface area is 267 Å². The number of nitrogens with zero attached hydrogens (tertiary/aromatic N) is 1. The van der Waals surface area contributed by atoms with Gasteiger partial charge in [-0.05, 0) is 59.1 Å². The van der Waals surface area contributed by atoms with Crippen LogP contribution in [0.1, 0.15) is 79.0 Å². The van der Waals surface area contributed by atoms with E-state index in [0.29, 0.717) is 6.42 Å². The van der Waals surface area contributed by atoms with Crippen LogP contribution in [0.4, 0.5) is 4.79 Å². The maximum absolute atomic E-state index is 14.3. The molecule has 2 aromatic carbocycles. The molecule has 2 rings (SSSR count). The molecule has 0 aliphatic heterocycles. The number of nitrogens with one attached hydrogen (secondary N) is 2. The highest BCUT2D eigenvalue weighted by Crippen LogP contribution is 2.31. The van der Waals surface area contributed by atoms with Gasteiger partial charge in [-0.3, -0.25) is 9.59 Å². The van der Waals surface area contributed by atoms with E-state index in [1.165, 1.54) is 23.1 Å². The molecule has 4 unspecified atom stereocenters. The highest BCUT2D eigenvalue weighted by Gasteiger charge is 2.40. The van der Waals surface area contributed by atoms with Crippen LogP contribution >= 0.6 is 0 Å². The van der Waals surface area contributed by atoms with Gasteiger partial charge in [0.05, 0.1) is 0 Å². The molecule has 4 atom stereocenters. The molecule has 0 fully saturated rings. The van der Waals surface area contributed by atoms with Gasteiger partial charge in [-0.25, -0.2) is 9.59 Å². The van der Waals surface area contributed by atoms with E-state index in [1.54, 1.807) is 60.6 Å². The molecule has 0 saturated carbocycles. The van der Waals surface area contributed by atoms with Gasteiger partial charge in [-0.1, -0.05) is 74.9 Å². The van der Waals surface area contributed by atoms with Crippen LogP contribution in [-0.4, -0.2) is 63.7 Å². The van der Waals surface area contributed by atoms with Crippen molar-refractivity contribution >= 4 is 23.9 Å². The zero-order valence-electron chi connectivity index (χ0n) is 27.8. The first-order valence-electron chi connectivity index (χ1n) is 15.2. The summed E-state index contributed by atoms with van der Waals surface area (Å²) in [6.45, 7) is 17.7. The number of para-hydroxylation sites is 1. The van der Waals surface area contributed by atoms with Gasteiger partial charge in [0.15, 0.2) is 0 Å². The molecule has 3 N–H and O–H groups in total. The van der Waals surface area contributed by atoms with Crippen LogP contribution in [-0.2, 0) is 30.3 Å². The number of carbonyl (C=O) groups excluding carboxylic acids is 4. The van der Waals surface area contributed by atoms with Crippen LogP contribution in [0.15, 0.2) is 67.3 Å². The number of hydrogen-bond acceptors (Lipinski definition) is 7. The van der Waals surface area contributed by atoms with Gasteiger partial charge < -0.3 is 30.1 Å². The Morgan fingerprint density at radius 3 is 2.02 bits per heavy atom. The number of benzene rings is 2. The Bertz CT molecular complexity index is 1310. The van der Waals surface area contributed by atoms with E-state index in [-0.39, 0.29) is 30.2 Å². The third-order valence-corrected chi connectivity index (χ3v) is 6.84. The summed E-state index contributed by atoms with van der Waals surface area (Å²) in [5, 5.41) is 16.4. The van der Waals surface area contributed by atoms with Crippen LogP contribution < -0.4 is 10.6 Å². The fourth-order valence-corrected chi connectivity index (χ4v) is 4.59. The summed E-state index contributed by atoms with van der Waals surface area (Å²) in [6, 6.07) is 11.7. The predicted octanol–water partition coefficient (Wildman–Crippen LogP) is 5.46. The number of alkyl carbamates (subject to hydrolysis) is 1. The summed E-state index contributed by atoms with van der Waals surface area (Å²) in [5.74, 6) is -2.54. The van der Waals surface area contributed by atoms with E-state index in [9.17, 15) is 24.3 Å². The molecule has 0 bridgehead atoms. The van der Waals surface area contributed by atoms with Crippen LogP contribution in [0, 0.1) is 5.92 Å². The van der Waals surface area contributed by atoms with Gasteiger partial charge in [0.25, 0.3) is 0 Å². The predicted molar refractivity (Wildman–Crippen MR) is 173 cm³/mol. The lowest BCUT2D eigenvalue weighted by atomic mass is 9.95. The van der Waals surface area contributed by atoms with E-state index >= 15 is 0 Å². The number of rotatable bonds is 13. The molecule has 0 spiro atoms. The first kappa shape index (κ1) is 36.8. The normalized spacial score (nSPS) is 14.2. The van der Waals surface area contributed by atoms with Crippen molar-refractivity contribution in [3.63, 3.8) is 0 Å². The van der Waals surface area contributed by atoms with E-state index in [4.69, 9.17) is 9.47 Å². The summed E-state index contributed by atoms with van der Waals surface area (Å²) in [6.07, 6.45) is 1.32. The second kappa shape index (κ2) is 16.1. The van der Waals surface area contributed by atoms with E-state index in [1.807, 2.05) is 37.3 Å². The molecule has 3 amide bonds. The van der Waals surface area contributed by atoms with Gasteiger partial charge in [-0.15, -0.1) is 6.58 Å². The molecule has 2 aromatic rings.